The number of ether oxygens (including phenoxy) is 1. The van der Waals surface area contributed by atoms with Gasteiger partial charge >= 0.3 is 12.4 Å². The van der Waals surface area contributed by atoms with Crippen molar-refractivity contribution in [2.45, 2.75) is 31.8 Å². The van der Waals surface area contributed by atoms with Gasteiger partial charge in [-0.1, -0.05) is 24.3 Å². The second-order valence-corrected chi connectivity index (χ2v) is 9.00. The van der Waals surface area contributed by atoms with Crippen LogP contribution in [0.25, 0.3) is 12.2 Å². The summed E-state index contributed by atoms with van der Waals surface area (Å²) in [5.41, 5.74) is 0.862. The van der Waals surface area contributed by atoms with E-state index in [1.54, 1.807) is 36.4 Å². The van der Waals surface area contributed by atoms with Crippen molar-refractivity contribution in [2.75, 3.05) is 0 Å². The SMILES string of the molecule is O=C(/C=C/c1ccc(COc2ccc3c(c2)CC/C(=C\c2cc(C(F)(F)F)cc(C(F)(F)F)c2)C3=O)cc1)NO. The van der Waals surface area contributed by atoms with Crippen molar-refractivity contribution in [3.63, 3.8) is 0 Å². The van der Waals surface area contributed by atoms with Crippen LogP contribution in [-0.2, 0) is 30.2 Å². The number of fused-ring (bicyclic) bond motifs is 1. The maximum absolute atomic E-state index is 13.2. The average Bonchev–Trinajstić information content (AvgIpc) is 2.91. The van der Waals surface area contributed by atoms with Crippen molar-refractivity contribution < 1.29 is 45.9 Å². The van der Waals surface area contributed by atoms with Gasteiger partial charge in [-0.3, -0.25) is 14.8 Å². The largest absolute Gasteiger partial charge is 0.489 e. The highest BCUT2D eigenvalue weighted by atomic mass is 19.4. The van der Waals surface area contributed by atoms with Gasteiger partial charge < -0.3 is 4.74 Å². The average molecular weight is 561 g/mol. The van der Waals surface area contributed by atoms with Gasteiger partial charge in [0.1, 0.15) is 12.4 Å². The van der Waals surface area contributed by atoms with Gasteiger partial charge in [0.15, 0.2) is 5.78 Å². The van der Waals surface area contributed by atoms with Crippen molar-refractivity contribution in [2.24, 2.45) is 0 Å². The summed E-state index contributed by atoms with van der Waals surface area (Å²) in [6.07, 6.45) is -5.72. The molecule has 208 valence electrons. The number of hydrogen-bond donors (Lipinski definition) is 2. The number of allylic oxidation sites excluding steroid dienone is 1. The summed E-state index contributed by atoms with van der Waals surface area (Å²) in [6, 6.07) is 13.1. The summed E-state index contributed by atoms with van der Waals surface area (Å²) in [4.78, 5) is 24.1. The van der Waals surface area contributed by atoms with E-state index in [1.165, 1.54) is 23.7 Å². The lowest BCUT2D eigenvalue weighted by molar-refractivity contribution is -0.143. The molecule has 11 heteroatoms. The standard InChI is InChI=1S/C29H21F6NO4/c30-28(31,32)22-12-19(13-23(15-22)29(33,34)35)11-21-7-6-20-14-24(8-9-25(20)27(21)38)40-16-18-3-1-17(2-4-18)5-10-26(37)36-39/h1-5,8-15,39H,6-7,16H2,(H,36,37)/b10-5+,21-11+. The first kappa shape index (κ1) is 28.6. The Morgan fingerprint density at radius 2 is 1.52 bits per heavy atom. The van der Waals surface area contributed by atoms with Crippen LogP contribution >= 0.6 is 0 Å². The van der Waals surface area contributed by atoms with E-state index in [1.807, 2.05) is 0 Å². The van der Waals surface area contributed by atoms with Gasteiger partial charge in [0, 0.05) is 17.2 Å². The van der Waals surface area contributed by atoms with Gasteiger partial charge in [-0.15, -0.1) is 0 Å². The Kier molecular flexibility index (Phi) is 8.15. The van der Waals surface area contributed by atoms with Crippen LogP contribution in [0.2, 0.25) is 0 Å². The molecule has 3 aromatic carbocycles. The number of Topliss-reactive ketones (excluding diaryl/α,β-unsaturated/α-hetero) is 1. The van der Waals surface area contributed by atoms with Crippen LogP contribution in [0.15, 0.2) is 72.3 Å². The van der Waals surface area contributed by atoms with Gasteiger partial charge in [-0.25, -0.2) is 5.48 Å². The molecule has 40 heavy (non-hydrogen) atoms. The van der Waals surface area contributed by atoms with E-state index in [-0.39, 0.29) is 30.2 Å². The number of nitrogens with one attached hydrogen (secondary N) is 1. The number of carbonyl (C=O) groups excluding carboxylic acids is 2. The normalized spacial score (nSPS) is 14.9. The fourth-order valence-corrected chi connectivity index (χ4v) is 4.15. The fraction of sp³-hybridized carbons (Fsp3) is 0.172. The Labute approximate surface area is 224 Å². The number of halogens is 6. The Bertz CT molecular complexity index is 1460. The topological polar surface area (TPSA) is 75.6 Å². The van der Waals surface area contributed by atoms with Gasteiger partial charge in [-0.05, 0) is 83.6 Å². The van der Waals surface area contributed by atoms with Crippen molar-refractivity contribution >= 4 is 23.8 Å². The van der Waals surface area contributed by atoms with Crippen LogP contribution in [0.5, 0.6) is 5.75 Å². The minimum atomic E-state index is -4.98. The third-order valence-corrected chi connectivity index (χ3v) is 6.15. The van der Waals surface area contributed by atoms with Gasteiger partial charge in [0.05, 0.1) is 11.1 Å². The molecule has 0 spiro atoms. The Hall–Kier alpha value is -4.38. The number of carbonyl (C=O) groups is 2. The van der Waals surface area contributed by atoms with E-state index in [0.717, 1.165) is 17.2 Å². The molecule has 0 aliphatic heterocycles. The summed E-state index contributed by atoms with van der Waals surface area (Å²) < 4.78 is 85.0. The molecule has 0 atom stereocenters. The molecule has 0 saturated heterocycles. The monoisotopic (exact) mass is 561 g/mol. The number of hydroxylamine groups is 1. The molecule has 5 nitrogen and oxygen atoms in total. The number of aryl methyl sites for hydroxylation is 1. The van der Waals surface area contributed by atoms with Crippen LogP contribution in [0.4, 0.5) is 26.3 Å². The maximum atomic E-state index is 13.2. The Morgan fingerprint density at radius 3 is 2.12 bits per heavy atom. The minimum Gasteiger partial charge on any atom is -0.489 e. The molecular weight excluding hydrogens is 540 g/mol. The van der Waals surface area contributed by atoms with Crippen LogP contribution in [0, 0.1) is 0 Å². The van der Waals surface area contributed by atoms with E-state index in [9.17, 15) is 35.9 Å². The van der Waals surface area contributed by atoms with E-state index in [0.29, 0.717) is 35.4 Å². The maximum Gasteiger partial charge on any atom is 0.416 e. The van der Waals surface area contributed by atoms with E-state index < -0.39 is 35.2 Å². The van der Waals surface area contributed by atoms with Crippen molar-refractivity contribution in [3.05, 3.63) is 111 Å². The van der Waals surface area contributed by atoms with Crippen LogP contribution in [0.1, 0.15) is 50.2 Å². The molecule has 4 rings (SSSR count). The molecule has 2 N–H and O–H groups in total. The second-order valence-electron chi connectivity index (χ2n) is 9.00. The number of ketones is 1. The number of rotatable bonds is 6. The minimum absolute atomic E-state index is 0.0477. The number of hydrogen-bond acceptors (Lipinski definition) is 4. The molecule has 1 aliphatic carbocycles. The molecule has 1 aliphatic rings. The van der Waals surface area contributed by atoms with Crippen LogP contribution < -0.4 is 10.2 Å². The lowest BCUT2D eigenvalue weighted by atomic mass is 9.85. The third kappa shape index (κ3) is 6.97. The Balaban J connectivity index is 1.48. The summed E-state index contributed by atoms with van der Waals surface area (Å²) in [5.74, 6) is -0.653. The zero-order valence-corrected chi connectivity index (χ0v) is 20.6. The quantitative estimate of drug-likeness (QED) is 0.147. The van der Waals surface area contributed by atoms with E-state index in [4.69, 9.17) is 9.94 Å². The van der Waals surface area contributed by atoms with Crippen molar-refractivity contribution in [3.8, 4) is 5.75 Å². The highest BCUT2D eigenvalue weighted by Gasteiger charge is 2.37. The summed E-state index contributed by atoms with van der Waals surface area (Å²) >= 11 is 0. The molecule has 0 saturated carbocycles. The molecule has 0 heterocycles. The van der Waals surface area contributed by atoms with Gasteiger partial charge in [0.25, 0.3) is 5.91 Å². The second kappa shape index (κ2) is 11.4. The highest BCUT2D eigenvalue weighted by Crippen LogP contribution is 2.37. The van der Waals surface area contributed by atoms with Crippen LogP contribution in [0.3, 0.4) is 0 Å². The van der Waals surface area contributed by atoms with Crippen molar-refractivity contribution in [1.82, 2.24) is 5.48 Å². The third-order valence-electron chi connectivity index (χ3n) is 6.15. The highest BCUT2D eigenvalue weighted by molar-refractivity contribution is 6.13. The molecule has 0 fully saturated rings. The first-order valence-electron chi connectivity index (χ1n) is 11.8. The number of benzene rings is 3. The lowest BCUT2D eigenvalue weighted by Gasteiger charge is -2.19. The molecule has 0 bridgehead atoms. The van der Waals surface area contributed by atoms with E-state index in [2.05, 4.69) is 0 Å². The predicted molar refractivity (Wildman–Crippen MR) is 133 cm³/mol. The van der Waals surface area contributed by atoms with Gasteiger partial charge in [0.2, 0.25) is 0 Å². The summed E-state index contributed by atoms with van der Waals surface area (Å²) in [7, 11) is 0. The first-order chi connectivity index (χ1) is 18.8. The zero-order chi connectivity index (χ0) is 29.1. The molecule has 0 radical (unpaired) electrons. The van der Waals surface area contributed by atoms with Crippen molar-refractivity contribution in [1.29, 1.82) is 0 Å². The molecule has 1 amide bonds. The zero-order valence-electron chi connectivity index (χ0n) is 20.6. The molecular formula is C29H21F6NO4. The predicted octanol–water partition coefficient (Wildman–Crippen LogP) is 7.03. The summed E-state index contributed by atoms with van der Waals surface area (Å²) in [6.45, 7) is 0.204. The smallest absolute Gasteiger partial charge is 0.416 e. The molecule has 0 aromatic heterocycles. The molecule has 0 unspecified atom stereocenters. The molecule has 3 aromatic rings. The Morgan fingerprint density at radius 1 is 0.875 bits per heavy atom. The summed E-state index contributed by atoms with van der Waals surface area (Å²) in [5, 5.41) is 8.51. The van der Waals surface area contributed by atoms with Gasteiger partial charge in [-0.2, -0.15) is 26.3 Å². The number of amides is 1. The van der Waals surface area contributed by atoms with E-state index >= 15 is 0 Å². The lowest BCUT2D eigenvalue weighted by Crippen LogP contribution is -2.15. The number of alkyl halides is 6. The fourth-order valence-electron chi connectivity index (χ4n) is 4.15. The van der Waals surface area contributed by atoms with Crippen LogP contribution in [-0.4, -0.2) is 16.9 Å². The first-order valence-corrected chi connectivity index (χ1v) is 11.8.